The van der Waals surface area contributed by atoms with Crippen molar-refractivity contribution in [3.8, 4) is 5.75 Å². The average molecular weight is 397 g/mol. The first kappa shape index (κ1) is 19.3. The van der Waals surface area contributed by atoms with E-state index in [2.05, 4.69) is 15.6 Å². The number of methoxy groups -OCH3 is 1. The number of ether oxygens (including phenoxy) is 1. The minimum absolute atomic E-state index is 0.0146. The summed E-state index contributed by atoms with van der Waals surface area (Å²) in [6.07, 6.45) is -4.70. The van der Waals surface area contributed by atoms with Crippen LogP contribution in [0.3, 0.4) is 0 Å². The number of halogens is 5. The summed E-state index contributed by atoms with van der Waals surface area (Å²) < 4.78 is 70.0. The van der Waals surface area contributed by atoms with Gasteiger partial charge in [0, 0.05) is 11.5 Å². The maximum absolute atomic E-state index is 13.8. The molecule has 0 radical (unpaired) electrons. The van der Waals surface area contributed by atoms with Gasteiger partial charge in [-0.15, -0.1) is 0 Å². The van der Waals surface area contributed by atoms with Crippen LogP contribution in [0.4, 0.5) is 38.3 Å². The molecule has 0 aliphatic heterocycles. The number of aromatic nitrogens is 1. The fourth-order valence-corrected chi connectivity index (χ4v) is 2.46. The van der Waals surface area contributed by atoms with Crippen molar-refractivity contribution >= 4 is 28.4 Å². The lowest BCUT2D eigenvalue weighted by Gasteiger charge is -2.12. The van der Waals surface area contributed by atoms with Crippen LogP contribution in [0.1, 0.15) is 5.56 Å². The Morgan fingerprint density at radius 1 is 1.04 bits per heavy atom. The third-order valence-electron chi connectivity index (χ3n) is 3.74. The van der Waals surface area contributed by atoms with Crippen molar-refractivity contribution in [1.82, 2.24) is 4.98 Å². The Bertz CT molecular complexity index is 1050. The summed E-state index contributed by atoms with van der Waals surface area (Å²) in [6.45, 7) is 0. The molecule has 0 spiro atoms. The molecule has 146 valence electrons. The summed E-state index contributed by atoms with van der Waals surface area (Å²) in [7, 11) is 1.35. The number of amides is 2. The van der Waals surface area contributed by atoms with Gasteiger partial charge in [-0.3, -0.25) is 5.32 Å². The Labute approximate surface area is 155 Å². The lowest BCUT2D eigenvalue weighted by Crippen LogP contribution is -2.21. The second-order valence-electron chi connectivity index (χ2n) is 5.64. The quantitative estimate of drug-likeness (QED) is 0.599. The van der Waals surface area contributed by atoms with Crippen molar-refractivity contribution < 1.29 is 31.5 Å². The minimum Gasteiger partial charge on any atom is -0.496 e. The second kappa shape index (κ2) is 7.29. The van der Waals surface area contributed by atoms with Crippen LogP contribution in [0.15, 0.2) is 42.5 Å². The predicted molar refractivity (Wildman–Crippen MR) is 92.3 cm³/mol. The zero-order valence-corrected chi connectivity index (χ0v) is 14.2. The molecule has 0 unspecified atom stereocenters. The Hall–Kier alpha value is -3.43. The first-order valence-corrected chi connectivity index (χ1v) is 7.76. The van der Waals surface area contributed by atoms with Gasteiger partial charge in [-0.2, -0.15) is 13.2 Å². The van der Waals surface area contributed by atoms with E-state index in [1.807, 2.05) is 0 Å². The lowest BCUT2D eigenvalue weighted by molar-refractivity contribution is -0.137. The molecule has 5 nitrogen and oxygen atoms in total. The van der Waals surface area contributed by atoms with Gasteiger partial charge in [-0.25, -0.2) is 18.6 Å². The number of hydrogen-bond donors (Lipinski definition) is 2. The number of nitrogens with zero attached hydrogens (tertiary/aromatic N) is 1. The minimum atomic E-state index is -4.70. The van der Waals surface area contributed by atoms with E-state index in [4.69, 9.17) is 4.74 Å². The number of hydrogen-bond acceptors (Lipinski definition) is 3. The van der Waals surface area contributed by atoms with Crippen LogP contribution in [0, 0.1) is 11.6 Å². The average Bonchev–Trinajstić information content (AvgIpc) is 2.62. The van der Waals surface area contributed by atoms with Gasteiger partial charge in [0.15, 0.2) is 0 Å². The summed E-state index contributed by atoms with van der Waals surface area (Å²) >= 11 is 0. The van der Waals surface area contributed by atoms with Crippen LogP contribution < -0.4 is 15.4 Å². The second-order valence-corrected chi connectivity index (χ2v) is 5.64. The van der Waals surface area contributed by atoms with Gasteiger partial charge >= 0.3 is 12.2 Å². The molecular formula is C18H12F5N3O2. The number of rotatable bonds is 3. The first-order valence-electron chi connectivity index (χ1n) is 7.76. The molecule has 0 fully saturated rings. The number of benzene rings is 2. The predicted octanol–water partition coefficient (Wildman–Crippen LogP) is 5.18. The van der Waals surface area contributed by atoms with Crippen molar-refractivity contribution in [1.29, 1.82) is 0 Å². The highest BCUT2D eigenvalue weighted by Gasteiger charge is 2.31. The number of fused-ring (bicyclic) bond motifs is 1. The molecule has 3 rings (SSSR count). The van der Waals surface area contributed by atoms with Crippen LogP contribution in [-0.2, 0) is 6.18 Å². The summed E-state index contributed by atoms with van der Waals surface area (Å²) in [5.41, 5.74) is -1.29. The van der Waals surface area contributed by atoms with Crippen LogP contribution in [-0.4, -0.2) is 18.1 Å². The van der Waals surface area contributed by atoms with Gasteiger partial charge in [0.2, 0.25) is 0 Å². The molecule has 0 aliphatic rings. The van der Waals surface area contributed by atoms with Gasteiger partial charge in [0.25, 0.3) is 0 Å². The molecule has 3 aromatic rings. The Morgan fingerprint density at radius 3 is 2.43 bits per heavy atom. The molecule has 1 heterocycles. The van der Waals surface area contributed by atoms with E-state index in [1.54, 1.807) is 0 Å². The molecule has 2 N–H and O–H groups in total. The molecule has 2 amide bonds. The molecule has 0 atom stereocenters. The van der Waals surface area contributed by atoms with Crippen LogP contribution in [0.2, 0.25) is 0 Å². The largest absolute Gasteiger partial charge is 0.496 e. The fourth-order valence-electron chi connectivity index (χ4n) is 2.46. The SMILES string of the molecule is COc1cc(NC(=O)Nc2ccc(C(F)(F)F)cc2F)nc2ccc(F)cc12. The zero-order valence-electron chi connectivity index (χ0n) is 14.2. The number of alkyl halides is 3. The standard InChI is InChI=1S/C18H12F5N3O2/c1-28-15-8-16(24-13-5-3-10(19)7-11(13)15)26-17(27)25-14-4-2-9(6-12(14)20)18(21,22)23/h2-8H,1H3,(H2,24,25,26,27). The number of carbonyl (C=O) groups is 1. The normalized spacial score (nSPS) is 11.4. The van der Waals surface area contributed by atoms with Crippen LogP contribution in [0.25, 0.3) is 10.9 Å². The van der Waals surface area contributed by atoms with Gasteiger partial charge in [0.1, 0.15) is 23.2 Å². The van der Waals surface area contributed by atoms with Crippen molar-refractivity contribution in [2.45, 2.75) is 6.18 Å². The maximum Gasteiger partial charge on any atom is 0.416 e. The highest BCUT2D eigenvalue weighted by atomic mass is 19.4. The van der Waals surface area contributed by atoms with Crippen molar-refractivity contribution in [2.24, 2.45) is 0 Å². The molecule has 0 aliphatic carbocycles. The highest BCUT2D eigenvalue weighted by Crippen LogP contribution is 2.31. The van der Waals surface area contributed by atoms with E-state index in [1.165, 1.54) is 31.4 Å². The van der Waals surface area contributed by atoms with Crippen molar-refractivity contribution in [2.75, 3.05) is 17.7 Å². The van der Waals surface area contributed by atoms with Gasteiger partial charge in [-0.05, 0) is 36.4 Å². The summed E-state index contributed by atoms with van der Waals surface area (Å²) in [6, 6.07) is 5.88. The molecule has 0 bridgehead atoms. The summed E-state index contributed by atoms with van der Waals surface area (Å²) in [4.78, 5) is 16.2. The highest BCUT2D eigenvalue weighted by molar-refractivity contribution is 6.00. The topological polar surface area (TPSA) is 63.2 Å². The first-order chi connectivity index (χ1) is 13.2. The van der Waals surface area contributed by atoms with E-state index in [0.29, 0.717) is 17.0 Å². The van der Waals surface area contributed by atoms with Gasteiger partial charge in [-0.1, -0.05) is 0 Å². The number of anilines is 2. The van der Waals surface area contributed by atoms with E-state index in [0.717, 1.165) is 6.07 Å². The Balaban J connectivity index is 1.81. The molecule has 2 aromatic carbocycles. The Morgan fingerprint density at radius 2 is 1.79 bits per heavy atom. The van der Waals surface area contributed by atoms with Crippen molar-refractivity contribution in [3.63, 3.8) is 0 Å². The molecule has 0 saturated carbocycles. The monoisotopic (exact) mass is 397 g/mol. The lowest BCUT2D eigenvalue weighted by atomic mass is 10.2. The number of carbonyl (C=O) groups excluding carboxylic acids is 1. The molecule has 28 heavy (non-hydrogen) atoms. The third kappa shape index (κ3) is 4.11. The fraction of sp³-hybridized carbons (Fsp3) is 0.111. The smallest absolute Gasteiger partial charge is 0.416 e. The Kier molecular flexibility index (Phi) is 5.04. The van der Waals surface area contributed by atoms with Crippen molar-refractivity contribution in [3.05, 3.63) is 59.7 Å². The number of pyridine rings is 1. The molecule has 1 aromatic heterocycles. The number of nitrogens with one attached hydrogen (secondary N) is 2. The van der Waals surface area contributed by atoms with Gasteiger partial charge < -0.3 is 10.1 Å². The van der Waals surface area contributed by atoms with E-state index in [9.17, 15) is 26.7 Å². The third-order valence-corrected chi connectivity index (χ3v) is 3.74. The zero-order chi connectivity index (χ0) is 20.5. The summed E-state index contributed by atoms with van der Waals surface area (Å²) in [5.74, 6) is -1.49. The van der Waals surface area contributed by atoms with E-state index in [-0.39, 0.29) is 17.6 Å². The van der Waals surface area contributed by atoms with Gasteiger partial charge in [0.05, 0.1) is 23.9 Å². The maximum atomic E-state index is 13.8. The van der Waals surface area contributed by atoms with E-state index < -0.39 is 35.1 Å². The van der Waals surface area contributed by atoms with Crippen LogP contribution in [0.5, 0.6) is 5.75 Å². The summed E-state index contributed by atoms with van der Waals surface area (Å²) in [5, 5.41) is 4.80. The molecule has 0 saturated heterocycles. The molecule has 10 heteroatoms. The molecular weight excluding hydrogens is 385 g/mol. The number of urea groups is 1. The van der Waals surface area contributed by atoms with E-state index >= 15 is 0 Å². The van der Waals surface area contributed by atoms with Crippen LogP contribution >= 0.6 is 0 Å².